The van der Waals surface area contributed by atoms with E-state index in [2.05, 4.69) is 5.32 Å². The van der Waals surface area contributed by atoms with E-state index >= 15 is 0 Å². The number of ether oxygens (including phenoxy) is 2. The molecule has 0 heterocycles. The summed E-state index contributed by atoms with van der Waals surface area (Å²) >= 11 is 0. The van der Waals surface area contributed by atoms with Gasteiger partial charge in [-0.3, -0.25) is 14.9 Å². The second kappa shape index (κ2) is 7.77. The highest BCUT2D eigenvalue weighted by Crippen LogP contribution is 2.27. The predicted molar refractivity (Wildman–Crippen MR) is 89.7 cm³/mol. The molecule has 0 radical (unpaired) electrons. The standard InChI is InChI=1S/C17H16N2O5/c1-23-16-8-3-12(11-17(16)24-2)15(20)9-10-18-13-4-6-14(7-5-13)19(21)22/h3-11,18H,1-2H3/b10-9-. The van der Waals surface area contributed by atoms with Crippen LogP contribution in [0, 0.1) is 10.1 Å². The average molecular weight is 328 g/mol. The Morgan fingerprint density at radius 3 is 2.33 bits per heavy atom. The van der Waals surface area contributed by atoms with Gasteiger partial charge in [0, 0.05) is 35.7 Å². The lowest BCUT2D eigenvalue weighted by Gasteiger charge is -2.08. The zero-order chi connectivity index (χ0) is 17.5. The van der Waals surface area contributed by atoms with Crippen LogP contribution in [0.25, 0.3) is 0 Å². The highest BCUT2D eigenvalue weighted by Gasteiger charge is 2.08. The SMILES string of the molecule is COc1ccc(C(=O)/C=C\Nc2ccc([N+](=O)[O-])cc2)cc1OC. The van der Waals surface area contributed by atoms with Gasteiger partial charge in [-0.05, 0) is 30.3 Å². The van der Waals surface area contributed by atoms with Crippen LogP contribution in [0.3, 0.4) is 0 Å². The fourth-order valence-corrected chi connectivity index (χ4v) is 1.98. The molecule has 0 saturated carbocycles. The third-order valence-corrected chi connectivity index (χ3v) is 3.23. The minimum atomic E-state index is -0.472. The summed E-state index contributed by atoms with van der Waals surface area (Å²) < 4.78 is 10.3. The van der Waals surface area contributed by atoms with E-state index in [1.54, 1.807) is 30.3 Å². The fourth-order valence-electron chi connectivity index (χ4n) is 1.98. The molecule has 1 N–H and O–H groups in total. The quantitative estimate of drug-likeness (QED) is 0.362. The number of benzene rings is 2. The van der Waals surface area contributed by atoms with Crippen LogP contribution in [0.5, 0.6) is 11.5 Å². The van der Waals surface area contributed by atoms with Crippen molar-refractivity contribution in [3.8, 4) is 11.5 Å². The number of anilines is 1. The van der Waals surface area contributed by atoms with Gasteiger partial charge in [0.1, 0.15) is 0 Å². The second-order valence-electron chi connectivity index (χ2n) is 4.72. The van der Waals surface area contributed by atoms with Gasteiger partial charge in [0.05, 0.1) is 19.1 Å². The molecule has 7 nitrogen and oxygen atoms in total. The minimum absolute atomic E-state index is 0.00549. The molecule has 2 aromatic rings. The molecular formula is C17H16N2O5. The third-order valence-electron chi connectivity index (χ3n) is 3.23. The van der Waals surface area contributed by atoms with Crippen molar-refractivity contribution in [3.63, 3.8) is 0 Å². The van der Waals surface area contributed by atoms with Crippen molar-refractivity contribution in [1.29, 1.82) is 0 Å². The monoisotopic (exact) mass is 328 g/mol. The lowest BCUT2D eigenvalue weighted by atomic mass is 10.1. The van der Waals surface area contributed by atoms with Gasteiger partial charge < -0.3 is 14.8 Å². The summed E-state index contributed by atoms with van der Waals surface area (Å²) in [6.07, 6.45) is 2.84. The van der Waals surface area contributed by atoms with E-state index in [1.165, 1.54) is 38.6 Å². The van der Waals surface area contributed by atoms with E-state index in [-0.39, 0.29) is 11.5 Å². The average Bonchev–Trinajstić information content (AvgIpc) is 2.61. The van der Waals surface area contributed by atoms with E-state index in [4.69, 9.17) is 9.47 Å². The van der Waals surface area contributed by atoms with E-state index in [0.29, 0.717) is 22.7 Å². The summed E-state index contributed by atoms with van der Waals surface area (Å²) in [4.78, 5) is 22.2. The summed E-state index contributed by atoms with van der Waals surface area (Å²) in [5.74, 6) is 0.799. The molecule has 2 rings (SSSR count). The lowest BCUT2D eigenvalue weighted by molar-refractivity contribution is -0.384. The molecule has 24 heavy (non-hydrogen) atoms. The van der Waals surface area contributed by atoms with Gasteiger partial charge >= 0.3 is 0 Å². The number of nitro benzene ring substituents is 1. The number of nitrogens with one attached hydrogen (secondary N) is 1. The third kappa shape index (κ3) is 4.10. The molecule has 2 aromatic carbocycles. The number of ketones is 1. The number of rotatable bonds is 7. The van der Waals surface area contributed by atoms with Gasteiger partial charge in [-0.25, -0.2) is 0 Å². The first-order chi connectivity index (χ1) is 11.5. The van der Waals surface area contributed by atoms with Crippen molar-refractivity contribution in [2.24, 2.45) is 0 Å². The lowest BCUT2D eigenvalue weighted by Crippen LogP contribution is -1.98. The smallest absolute Gasteiger partial charge is 0.269 e. The fraction of sp³-hybridized carbons (Fsp3) is 0.118. The number of nitrogens with zero attached hydrogens (tertiary/aromatic N) is 1. The molecule has 124 valence electrons. The summed E-state index contributed by atoms with van der Waals surface area (Å²) in [6.45, 7) is 0. The van der Waals surface area contributed by atoms with Gasteiger partial charge in [0.25, 0.3) is 5.69 Å². The van der Waals surface area contributed by atoms with Crippen molar-refractivity contribution >= 4 is 17.2 Å². The number of non-ortho nitro benzene ring substituents is 1. The van der Waals surface area contributed by atoms with E-state index in [0.717, 1.165) is 0 Å². The van der Waals surface area contributed by atoms with Gasteiger partial charge in [-0.2, -0.15) is 0 Å². The Morgan fingerprint density at radius 2 is 1.75 bits per heavy atom. The molecule has 0 spiro atoms. The summed E-state index contributed by atoms with van der Waals surface area (Å²) in [5, 5.41) is 13.5. The molecule has 0 unspecified atom stereocenters. The summed E-state index contributed by atoms with van der Waals surface area (Å²) in [6, 6.07) is 10.8. The van der Waals surface area contributed by atoms with Crippen molar-refractivity contribution in [3.05, 3.63) is 70.4 Å². The molecule has 0 amide bonds. The maximum atomic E-state index is 12.1. The van der Waals surface area contributed by atoms with Crippen molar-refractivity contribution in [2.45, 2.75) is 0 Å². The van der Waals surface area contributed by atoms with Crippen LogP contribution in [0.2, 0.25) is 0 Å². The van der Waals surface area contributed by atoms with Crippen LogP contribution >= 0.6 is 0 Å². The van der Waals surface area contributed by atoms with Crippen LogP contribution in [0.4, 0.5) is 11.4 Å². The number of nitro groups is 1. The van der Waals surface area contributed by atoms with Crippen LogP contribution in [0.1, 0.15) is 10.4 Å². The minimum Gasteiger partial charge on any atom is -0.493 e. The first-order valence-electron chi connectivity index (χ1n) is 6.99. The summed E-state index contributed by atoms with van der Waals surface area (Å²) in [7, 11) is 3.02. The molecule has 0 aromatic heterocycles. The number of allylic oxidation sites excluding steroid dienone is 1. The van der Waals surface area contributed by atoms with Crippen LogP contribution in [-0.4, -0.2) is 24.9 Å². The molecule has 0 aliphatic rings. The van der Waals surface area contributed by atoms with Crippen molar-refractivity contribution in [2.75, 3.05) is 19.5 Å². The normalized spacial score (nSPS) is 10.4. The Labute approximate surface area is 138 Å². The van der Waals surface area contributed by atoms with Crippen molar-refractivity contribution in [1.82, 2.24) is 0 Å². The zero-order valence-corrected chi connectivity index (χ0v) is 13.2. The first-order valence-corrected chi connectivity index (χ1v) is 6.99. The first kappa shape index (κ1) is 17.0. The van der Waals surface area contributed by atoms with Crippen LogP contribution < -0.4 is 14.8 Å². The maximum Gasteiger partial charge on any atom is 0.269 e. The Kier molecular flexibility index (Phi) is 5.51. The van der Waals surface area contributed by atoms with Crippen LogP contribution in [0.15, 0.2) is 54.7 Å². The van der Waals surface area contributed by atoms with Gasteiger partial charge in [-0.15, -0.1) is 0 Å². The second-order valence-corrected chi connectivity index (χ2v) is 4.72. The zero-order valence-electron chi connectivity index (χ0n) is 13.2. The number of hydrogen-bond acceptors (Lipinski definition) is 6. The van der Waals surface area contributed by atoms with Crippen molar-refractivity contribution < 1.29 is 19.2 Å². The number of carbonyl (C=O) groups is 1. The highest BCUT2D eigenvalue weighted by atomic mass is 16.6. The highest BCUT2D eigenvalue weighted by molar-refractivity contribution is 6.05. The molecular weight excluding hydrogens is 312 g/mol. The number of carbonyl (C=O) groups excluding carboxylic acids is 1. The Hall–Kier alpha value is -3.35. The molecule has 0 aliphatic carbocycles. The number of hydrogen-bond donors (Lipinski definition) is 1. The van der Waals surface area contributed by atoms with E-state index in [9.17, 15) is 14.9 Å². The van der Waals surface area contributed by atoms with E-state index in [1.807, 2.05) is 0 Å². The summed E-state index contributed by atoms with van der Waals surface area (Å²) in [5.41, 5.74) is 1.09. The topological polar surface area (TPSA) is 90.7 Å². The van der Waals surface area contributed by atoms with Gasteiger partial charge in [-0.1, -0.05) is 0 Å². The molecule has 0 bridgehead atoms. The molecule has 7 heteroatoms. The van der Waals surface area contributed by atoms with E-state index < -0.39 is 4.92 Å². The molecule has 0 aliphatic heterocycles. The molecule has 0 fully saturated rings. The van der Waals surface area contributed by atoms with Gasteiger partial charge in [0.2, 0.25) is 0 Å². The largest absolute Gasteiger partial charge is 0.493 e. The predicted octanol–water partition coefficient (Wildman–Crippen LogP) is 3.42. The van der Waals surface area contributed by atoms with Crippen LogP contribution in [-0.2, 0) is 0 Å². The number of methoxy groups -OCH3 is 2. The Morgan fingerprint density at radius 1 is 1.08 bits per heavy atom. The Balaban J connectivity index is 2.03. The maximum absolute atomic E-state index is 12.1. The Bertz CT molecular complexity index is 769. The molecule has 0 atom stereocenters. The molecule has 0 saturated heterocycles. The van der Waals surface area contributed by atoms with Gasteiger partial charge in [0.15, 0.2) is 17.3 Å².